The Kier molecular flexibility index (Phi) is 4.69. The number of piperidine rings is 1. The van der Waals surface area contributed by atoms with Gasteiger partial charge in [0.1, 0.15) is 5.82 Å². The summed E-state index contributed by atoms with van der Waals surface area (Å²) in [4.78, 5) is 35.3. The van der Waals surface area contributed by atoms with Crippen molar-refractivity contribution in [3.63, 3.8) is 0 Å². The molecular weight excluding hydrogens is 308 g/mol. The Labute approximate surface area is 140 Å². The van der Waals surface area contributed by atoms with E-state index in [1.54, 1.807) is 16.8 Å². The Morgan fingerprint density at radius 2 is 2.21 bits per heavy atom. The maximum absolute atomic E-state index is 12.7. The fraction of sp³-hybridized carbons (Fsp3) is 0.471. The fourth-order valence-electron chi connectivity index (χ4n) is 3.17. The summed E-state index contributed by atoms with van der Waals surface area (Å²) in [6.45, 7) is 1.47. The monoisotopic (exact) mass is 330 g/mol. The minimum atomic E-state index is -0.368. The van der Waals surface area contributed by atoms with Crippen LogP contribution in [-0.2, 0) is 16.1 Å². The molecule has 1 saturated heterocycles. The molecule has 1 aromatic carbocycles. The number of carbonyl (C=O) groups is 2. The summed E-state index contributed by atoms with van der Waals surface area (Å²) >= 11 is 0. The predicted molar refractivity (Wildman–Crippen MR) is 89.3 cm³/mol. The number of nitrogens with zero attached hydrogens (tertiary/aromatic N) is 3. The van der Waals surface area contributed by atoms with E-state index in [-0.39, 0.29) is 17.9 Å². The van der Waals surface area contributed by atoms with Gasteiger partial charge in [-0.3, -0.25) is 4.79 Å². The van der Waals surface area contributed by atoms with Crippen LogP contribution in [0.15, 0.2) is 24.3 Å². The van der Waals surface area contributed by atoms with Crippen molar-refractivity contribution in [2.75, 3.05) is 27.2 Å². The van der Waals surface area contributed by atoms with Gasteiger partial charge in [-0.05, 0) is 25.0 Å². The number of H-pyrrole nitrogens is 1. The van der Waals surface area contributed by atoms with Gasteiger partial charge in [-0.15, -0.1) is 0 Å². The number of hydrogen-bond acceptors (Lipinski definition) is 4. The molecule has 0 bridgehead atoms. The molecule has 2 amide bonds. The highest BCUT2D eigenvalue weighted by Gasteiger charge is 2.30. The zero-order chi connectivity index (χ0) is 17.1. The van der Waals surface area contributed by atoms with Crippen molar-refractivity contribution in [1.29, 1.82) is 0 Å². The highest BCUT2D eigenvalue weighted by molar-refractivity contribution is 5.80. The van der Waals surface area contributed by atoms with Crippen molar-refractivity contribution < 1.29 is 14.3 Å². The van der Waals surface area contributed by atoms with E-state index in [4.69, 9.17) is 4.74 Å². The van der Waals surface area contributed by atoms with Gasteiger partial charge in [0.15, 0.2) is 0 Å². The lowest BCUT2D eigenvalue weighted by atomic mass is 9.97. The zero-order valence-corrected chi connectivity index (χ0v) is 14.0. The molecule has 24 heavy (non-hydrogen) atoms. The van der Waals surface area contributed by atoms with E-state index < -0.39 is 0 Å². The standard InChI is InChI=1S/C17H22N4O3/c1-20(11-15-18-13-7-3-4-8-14(13)19-15)16(22)12-6-5-9-21(10-12)17(23)24-2/h3-4,7-8,12H,5-6,9-11H2,1-2H3,(H,18,19). The third-order valence-electron chi connectivity index (χ3n) is 4.41. The number of amides is 2. The number of nitrogens with one attached hydrogen (secondary N) is 1. The van der Waals surface area contributed by atoms with Crippen molar-refractivity contribution in [2.45, 2.75) is 19.4 Å². The molecule has 7 nitrogen and oxygen atoms in total. The van der Waals surface area contributed by atoms with Gasteiger partial charge in [0.25, 0.3) is 0 Å². The SMILES string of the molecule is COC(=O)N1CCCC(C(=O)N(C)Cc2nc3ccccc3[nH]2)C1. The molecule has 0 radical (unpaired) electrons. The van der Waals surface area contributed by atoms with Crippen LogP contribution in [0.3, 0.4) is 0 Å². The number of aromatic nitrogens is 2. The quantitative estimate of drug-likeness (QED) is 0.933. The molecule has 1 atom stereocenters. The minimum Gasteiger partial charge on any atom is -0.453 e. The average molecular weight is 330 g/mol. The lowest BCUT2D eigenvalue weighted by molar-refractivity contribution is -0.136. The van der Waals surface area contributed by atoms with E-state index >= 15 is 0 Å². The number of imidazole rings is 1. The number of methoxy groups -OCH3 is 1. The van der Waals surface area contributed by atoms with Gasteiger partial charge in [-0.2, -0.15) is 0 Å². The van der Waals surface area contributed by atoms with Gasteiger partial charge in [0.2, 0.25) is 5.91 Å². The summed E-state index contributed by atoms with van der Waals surface area (Å²) in [6, 6.07) is 7.78. The van der Waals surface area contributed by atoms with Gasteiger partial charge in [-0.25, -0.2) is 9.78 Å². The number of likely N-dealkylation sites (tertiary alicyclic amines) is 1. The van der Waals surface area contributed by atoms with Crippen LogP contribution < -0.4 is 0 Å². The van der Waals surface area contributed by atoms with Crippen LogP contribution in [0, 0.1) is 5.92 Å². The molecule has 128 valence electrons. The van der Waals surface area contributed by atoms with Crippen molar-refractivity contribution in [3.8, 4) is 0 Å². The molecule has 1 aliphatic rings. The second kappa shape index (κ2) is 6.90. The van der Waals surface area contributed by atoms with Gasteiger partial charge < -0.3 is 19.5 Å². The summed E-state index contributed by atoms with van der Waals surface area (Å²) in [6.07, 6.45) is 1.23. The molecule has 2 heterocycles. The van der Waals surface area contributed by atoms with Crippen LogP contribution in [0.4, 0.5) is 4.79 Å². The number of aromatic amines is 1. The first-order valence-corrected chi connectivity index (χ1v) is 8.10. The fourth-order valence-corrected chi connectivity index (χ4v) is 3.17. The highest BCUT2D eigenvalue weighted by Crippen LogP contribution is 2.20. The first-order valence-electron chi connectivity index (χ1n) is 8.10. The van der Waals surface area contributed by atoms with Gasteiger partial charge in [0.05, 0.1) is 30.6 Å². The second-order valence-electron chi connectivity index (χ2n) is 6.15. The normalized spacial score (nSPS) is 17.8. The molecule has 1 fully saturated rings. The van der Waals surface area contributed by atoms with Crippen molar-refractivity contribution >= 4 is 23.0 Å². The number of benzene rings is 1. The Morgan fingerprint density at radius 1 is 1.42 bits per heavy atom. The van der Waals surface area contributed by atoms with Crippen LogP contribution in [-0.4, -0.2) is 59.0 Å². The Bertz CT molecular complexity index is 709. The van der Waals surface area contributed by atoms with Crippen LogP contribution >= 0.6 is 0 Å². The first-order chi connectivity index (χ1) is 11.6. The predicted octanol–water partition coefficient (Wildman–Crippen LogP) is 2.00. The van der Waals surface area contributed by atoms with Crippen LogP contribution in [0.2, 0.25) is 0 Å². The van der Waals surface area contributed by atoms with E-state index in [9.17, 15) is 9.59 Å². The second-order valence-corrected chi connectivity index (χ2v) is 6.15. The number of fused-ring (bicyclic) bond motifs is 1. The van der Waals surface area contributed by atoms with Crippen LogP contribution in [0.1, 0.15) is 18.7 Å². The zero-order valence-electron chi connectivity index (χ0n) is 14.0. The molecule has 0 aliphatic carbocycles. The van der Waals surface area contributed by atoms with Crippen LogP contribution in [0.5, 0.6) is 0 Å². The Balaban J connectivity index is 1.64. The van der Waals surface area contributed by atoms with Gasteiger partial charge >= 0.3 is 6.09 Å². The topological polar surface area (TPSA) is 78.5 Å². The van der Waals surface area contributed by atoms with E-state index in [0.717, 1.165) is 29.7 Å². The molecule has 3 rings (SSSR count). The number of hydrogen-bond donors (Lipinski definition) is 1. The number of ether oxygens (including phenoxy) is 1. The maximum atomic E-state index is 12.7. The summed E-state index contributed by atoms with van der Waals surface area (Å²) < 4.78 is 4.75. The number of para-hydroxylation sites is 2. The molecule has 1 N–H and O–H groups in total. The molecule has 1 unspecified atom stereocenters. The van der Waals surface area contributed by atoms with Crippen molar-refractivity contribution in [3.05, 3.63) is 30.1 Å². The molecule has 1 aliphatic heterocycles. The summed E-state index contributed by atoms with van der Waals surface area (Å²) in [7, 11) is 3.13. The summed E-state index contributed by atoms with van der Waals surface area (Å²) in [5.74, 6) is 0.601. The summed E-state index contributed by atoms with van der Waals surface area (Å²) in [5.41, 5.74) is 1.85. The van der Waals surface area contributed by atoms with Crippen LogP contribution in [0.25, 0.3) is 11.0 Å². The average Bonchev–Trinajstić information content (AvgIpc) is 3.02. The molecule has 1 aromatic heterocycles. The third-order valence-corrected chi connectivity index (χ3v) is 4.41. The Morgan fingerprint density at radius 3 is 2.96 bits per heavy atom. The highest BCUT2D eigenvalue weighted by atomic mass is 16.5. The number of rotatable bonds is 3. The molecular formula is C17H22N4O3. The molecule has 2 aromatic rings. The van der Waals surface area contributed by atoms with E-state index in [0.29, 0.717) is 19.6 Å². The lowest BCUT2D eigenvalue weighted by Gasteiger charge is -2.32. The largest absolute Gasteiger partial charge is 0.453 e. The third kappa shape index (κ3) is 3.34. The lowest BCUT2D eigenvalue weighted by Crippen LogP contribution is -2.45. The van der Waals surface area contributed by atoms with E-state index in [1.807, 2.05) is 24.3 Å². The van der Waals surface area contributed by atoms with Gasteiger partial charge in [0, 0.05) is 20.1 Å². The van der Waals surface area contributed by atoms with E-state index in [2.05, 4.69) is 9.97 Å². The van der Waals surface area contributed by atoms with E-state index in [1.165, 1.54) is 7.11 Å². The van der Waals surface area contributed by atoms with Crippen molar-refractivity contribution in [2.24, 2.45) is 5.92 Å². The maximum Gasteiger partial charge on any atom is 0.409 e. The van der Waals surface area contributed by atoms with Gasteiger partial charge in [-0.1, -0.05) is 12.1 Å². The molecule has 0 spiro atoms. The minimum absolute atomic E-state index is 0.0315. The molecule has 0 saturated carbocycles. The summed E-state index contributed by atoms with van der Waals surface area (Å²) in [5, 5.41) is 0. The number of carbonyl (C=O) groups excluding carboxylic acids is 2. The van der Waals surface area contributed by atoms with Crippen molar-refractivity contribution in [1.82, 2.24) is 19.8 Å². The molecule has 7 heteroatoms. The Hall–Kier alpha value is -2.57. The smallest absolute Gasteiger partial charge is 0.409 e. The first kappa shape index (κ1) is 16.3.